The summed E-state index contributed by atoms with van der Waals surface area (Å²) in [6.07, 6.45) is 1.93. The zero-order valence-electron chi connectivity index (χ0n) is 8.96. The first kappa shape index (κ1) is 11.3. The summed E-state index contributed by atoms with van der Waals surface area (Å²) in [6, 6.07) is 5.27. The minimum absolute atomic E-state index is 0.616. The van der Waals surface area contributed by atoms with Gasteiger partial charge in [-0.1, -0.05) is 23.2 Å². The summed E-state index contributed by atoms with van der Waals surface area (Å²) in [5.74, 6) is 0.738. The lowest BCUT2D eigenvalue weighted by Gasteiger charge is -2.07. The molecule has 84 valence electrons. The first-order valence-electron chi connectivity index (χ1n) is 4.78. The van der Waals surface area contributed by atoms with Crippen LogP contribution in [0.5, 0.6) is 0 Å². The number of rotatable bonds is 2. The largest absolute Gasteiger partial charge is 0.324 e. The zero-order valence-corrected chi connectivity index (χ0v) is 10.5. The second kappa shape index (κ2) is 4.36. The topological polar surface area (TPSA) is 29.9 Å². The van der Waals surface area contributed by atoms with Gasteiger partial charge in [-0.2, -0.15) is 0 Å². The van der Waals surface area contributed by atoms with Gasteiger partial charge in [-0.25, -0.2) is 4.98 Å². The molecule has 0 bridgehead atoms. The van der Waals surface area contributed by atoms with E-state index < -0.39 is 0 Å². The molecule has 16 heavy (non-hydrogen) atoms. The smallest absolute Gasteiger partial charge is 0.207 e. The fourth-order valence-electron chi connectivity index (χ4n) is 1.45. The fourth-order valence-corrected chi connectivity index (χ4v) is 1.78. The van der Waals surface area contributed by atoms with Crippen molar-refractivity contribution in [1.82, 2.24) is 9.55 Å². The van der Waals surface area contributed by atoms with Crippen molar-refractivity contribution >= 4 is 34.8 Å². The van der Waals surface area contributed by atoms with Gasteiger partial charge >= 0.3 is 0 Å². The predicted octanol–water partition coefficient (Wildman–Crippen LogP) is 3.78. The lowest BCUT2D eigenvalue weighted by Crippen LogP contribution is -1.98. The minimum Gasteiger partial charge on any atom is -0.324 e. The maximum Gasteiger partial charge on any atom is 0.207 e. The molecule has 5 heteroatoms. The van der Waals surface area contributed by atoms with Crippen molar-refractivity contribution in [2.24, 2.45) is 7.05 Å². The molecule has 1 heterocycles. The van der Waals surface area contributed by atoms with Gasteiger partial charge in [0, 0.05) is 18.3 Å². The Morgan fingerprint density at radius 1 is 1.31 bits per heavy atom. The molecule has 0 atom stereocenters. The van der Waals surface area contributed by atoms with Gasteiger partial charge in [0.25, 0.3) is 0 Å². The van der Waals surface area contributed by atoms with Crippen LogP contribution in [0.25, 0.3) is 0 Å². The monoisotopic (exact) mass is 255 g/mol. The third kappa shape index (κ3) is 2.31. The van der Waals surface area contributed by atoms with Gasteiger partial charge in [0.15, 0.2) is 0 Å². The van der Waals surface area contributed by atoms with Crippen LogP contribution in [-0.2, 0) is 7.05 Å². The van der Waals surface area contributed by atoms with Gasteiger partial charge in [0.2, 0.25) is 5.95 Å². The summed E-state index contributed by atoms with van der Waals surface area (Å²) in [5, 5.41) is 4.39. The Hall–Kier alpha value is -1.19. The zero-order chi connectivity index (χ0) is 11.7. The van der Waals surface area contributed by atoms with Gasteiger partial charge in [-0.3, -0.25) is 0 Å². The number of imidazole rings is 1. The van der Waals surface area contributed by atoms with Crippen LogP contribution >= 0.6 is 23.2 Å². The average Bonchev–Trinajstić information content (AvgIpc) is 2.51. The number of aryl methyl sites for hydroxylation is 2. The summed E-state index contributed by atoms with van der Waals surface area (Å²) < 4.78 is 1.90. The number of anilines is 2. The number of halogens is 2. The summed E-state index contributed by atoms with van der Waals surface area (Å²) in [5.41, 5.74) is 1.70. The van der Waals surface area contributed by atoms with E-state index >= 15 is 0 Å². The highest BCUT2D eigenvalue weighted by atomic mass is 35.5. The molecule has 2 aromatic rings. The van der Waals surface area contributed by atoms with E-state index in [1.54, 1.807) is 18.2 Å². The first-order valence-corrected chi connectivity index (χ1v) is 5.54. The highest BCUT2D eigenvalue weighted by molar-refractivity contribution is 6.35. The molecular formula is C11H11Cl2N3. The molecule has 0 aliphatic heterocycles. The number of benzene rings is 1. The fraction of sp³-hybridized carbons (Fsp3) is 0.182. The third-order valence-electron chi connectivity index (χ3n) is 2.17. The molecule has 0 radical (unpaired) electrons. The summed E-state index contributed by atoms with van der Waals surface area (Å²) in [4.78, 5) is 4.33. The molecule has 0 amide bonds. The number of nitrogens with zero attached hydrogens (tertiary/aromatic N) is 2. The van der Waals surface area contributed by atoms with E-state index in [2.05, 4.69) is 10.3 Å². The Labute approximate surface area is 104 Å². The Morgan fingerprint density at radius 3 is 2.69 bits per heavy atom. The van der Waals surface area contributed by atoms with Gasteiger partial charge in [0.1, 0.15) is 0 Å². The minimum atomic E-state index is 0.616. The van der Waals surface area contributed by atoms with Crippen molar-refractivity contribution < 1.29 is 0 Å². The van der Waals surface area contributed by atoms with Crippen LogP contribution < -0.4 is 5.32 Å². The second-order valence-electron chi connectivity index (χ2n) is 3.57. The van der Waals surface area contributed by atoms with E-state index in [-0.39, 0.29) is 0 Å². The van der Waals surface area contributed by atoms with E-state index in [9.17, 15) is 0 Å². The van der Waals surface area contributed by atoms with Crippen molar-refractivity contribution in [3.63, 3.8) is 0 Å². The molecule has 0 unspecified atom stereocenters. The molecule has 3 nitrogen and oxygen atoms in total. The van der Waals surface area contributed by atoms with Crippen LogP contribution in [0.3, 0.4) is 0 Å². The number of hydrogen-bond acceptors (Lipinski definition) is 2. The summed E-state index contributed by atoms with van der Waals surface area (Å²) in [7, 11) is 1.92. The van der Waals surface area contributed by atoms with Crippen LogP contribution in [0.1, 0.15) is 5.69 Å². The van der Waals surface area contributed by atoms with Crippen LogP contribution in [0, 0.1) is 6.92 Å². The molecule has 2 rings (SSSR count). The van der Waals surface area contributed by atoms with E-state index in [1.807, 2.05) is 24.7 Å². The lowest BCUT2D eigenvalue weighted by molar-refractivity contribution is 0.924. The van der Waals surface area contributed by atoms with Crippen LogP contribution in [-0.4, -0.2) is 9.55 Å². The molecule has 0 spiro atoms. The Bertz CT molecular complexity index is 520. The van der Waals surface area contributed by atoms with Crippen LogP contribution in [0.4, 0.5) is 11.6 Å². The maximum absolute atomic E-state index is 6.05. The van der Waals surface area contributed by atoms with Crippen molar-refractivity contribution in [2.45, 2.75) is 6.92 Å². The molecule has 0 fully saturated rings. The molecule has 0 aliphatic rings. The SMILES string of the molecule is Cc1cn(C)c(Nc2cc(Cl)ccc2Cl)n1. The second-order valence-corrected chi connectivity index (χ2v) is 4.41. The molecule has 1 N–H and O–H groups in total. The molecule has 0 aliphatic carbocycles. The Balaban J connectivity index is 2.33. The van der Waals surface area contributed by atoms with Crippen molar-refractivity contribution in [3.8, 4) is 0 Å². The van der Waals surface area contributed by atoms with E-state index in [0.717, 1.165) is 17.3 Å². The van der Waals surface area contributed by atoms with Crippen LogP contribution in [0.15, 0.2) is 24.4 Å². The van der Waals surface area contributed by atoms with E-state index in [4.69, 9.17) is 23.2 Å². The maximum atomic E-state index is 6.05. The Morgan fingerprint density at radius 2 is 2.06 bits per heavy atom. The van der Waals surface area contributed by atoms with Gasteiger partial charge in [-0.05, 0) is 25.1 Å². The third-order valence-corrected chi connectivity index (χ3v) is 2.74. The molecule has 1 aromatic carbocycles. The van der Waals surface area contributed by atoms with Crippen molar-refractivity contribution in [3.05, 3.63) is 40.1 Å². The van der Waals surface area contributed by atoms with Crippen molar-refractivity contribution in [1.29, 1.82) is 0 Å². The Kier molecular flexibility index (Phi) is 3.08. The molecule has 0 saturated heterocycles. The standard InChI is InChI=1S/C11H11Cl2N3/c1-7-6-16(2)11(14-7)15-10-5-8(12)3-4-9(10)13/h3-6H,1-2H3,(H,14,15). The van der Waals surface area contributed by atoms with E-state index in [0.29, 0.717) is 10.0 Å². The molecule has 0 saturated carbocycles. The number of nitrogens with one attached hydrogen (secondary N) is 1. The molecule has 1 aromatic heterocycles. The van der Waals surface area contributed by atoms with Crippen molar-refractivity contribution in [2.75, 3.05) is 5.32 Å². The molecular weight excluding hydrogens is 245 g/mol. The average molecular weight is 256 g/mol. The van der Waals surface area contributed by atoms with Crippen LogP contribution in [0.2, 0.25) is 10.0 Å². The number of hydrogen-bond donors (Lipinski definition) is 1. The summed E-state index contributed by atoms with van der Waals surface area (Å²) >= 11 is 11.9. The van der Waals surface area contributed by atoms with Gasteiger partial charge in [0.05, 0.1) is 16.4 Å². The van der Waals surface area contributed by atoms with Gasteiger partial charge in [-0.15, -0.1) is 0 Å². The van der Waals surface area contributed by atoms with Gasteiger partial charge < -0.3 is 9.88 Å². The number of aromatic nitrogens is 2. The first-order chi connectivity index (χ1) is 7.56. The predicted molar refractivity (Wildman–Crippen MR) is 67.7 cm³/mol. The quantitative estimate of drug-likeness (QED) is 0.886. The highest BCUT2D eigenvalue weighted by Gasteiger charge is 2.06. The summed E-state index contributed by atoms with van der Waals surface area (Å²) in [6.45, 7) is 1.94. The highest BCUT2D eigenvalue weighted by Crippen LogP contribution is 2.27. The lowest BCUT2D eigenvalue weighted by atomic mass is 10.3. The normalized spacial score (nSPS) is 10.5. The van der Waals surface area contributed by atoms with E-state index in [1.165, 1.54) is 0 Å².